The van der Waals surface area contributed by atoms with E-state index in [1.54, 1.807) is 12.3 Å². The highest BCUT2D eigenvalue weighted by atomic mass is 32.2. The summed E-state index contributed by atoms with van der Waals surface area (Å²) in [6.45, 7) is 3.41. The molecule has 0 unspecified atom stereocenters. The van der Waals surface area contributed by atoms with Crippen LogP contribution in [0.3, 0.4) is 0 Å². The number of benzene rings is 2. The molecular formula is C21H21N3O4S. The van der Waals surface area contributed by atoms with E-state index >= 15 is 0 Å². The average Bonchev–Trinajstić information content (AvgIpc) is 2.75. The van der Waals surface area contributed by atoms with Gasteiger partial charge in [-0.25, -0.2) is 8.42 Å². The fourth-order valence-corrected chi connectivity index (χ4v) is 4.75. The first kappa shape index (κ1) is 19.5. The van der Waals surface area contributed by atoms with Crippen molar-refractivity contribution in [2.75, 3.05) is 31.6 Å². The highest BCUT2D eigenvalue weighted by Crippen LogP contribution is 2.24. The molecule has 8 heteroatoms. The van der Waals surface area contributed by atoms with Gasteiger partial charge in [0.05, 0.1) is 29.3 Å². The van der Waals surface area contributed by atoms with Crippen LogP contribution < -0.4 is 5.32 Å². The zero-order chi connectivity index (χ0) is 20.4. The van der Waals surface area contributed by atoms with Crippen LogP contribution in [0.25, 0.3) is 10.9 Å². The minimum absolute atomic E-state index is 0.168. The van der Waals surface area contributed by atoms with Crippen LogP contribution in [-0.2, 0) is 14.8 Å². The topological polar surface area (TPSA) is 88.6 Å². The van der Waals surface area contributed by atoms with E-state index in [-0.39, 0.29) is 10.8 Å². The second-order valence-corrected chi connectivity index (χ2v) is 8.76. The van der Waals surface area contributed by atoms with Crippen molar-refractivity contribution in [3.63, 3.8) is 0 Å². The molecule has 1 aromatic heterocycles. The number of para-hydroxylation sites is 1. The van der Waals surface area contributed by atoms with E-state index in [0.29, 0.717) is 37.6 Å². The molecule has 0 bridgehead atoms. The van der Waals surface area contributed by atoms with E-state index in [1.165, 1.54) is 28.6 Å². The highest BCUT2D eigenvalue weighted by Gasteiger charge is 2.26. The van der Waals surface area contributed by atoms with Crippen molar-refractivity contribution in [1.82, 2.24) is 9.29 Å². The Morgan fingerprint density at radius 2 is 1.79 bits per heavy atom. The van der Waals surface area contributed by atoms with Gasteiger partial charge in [0.2, 0.25) is 10.0 Å². The SMILES string of the molecule is Cc1cccc2c(NC(=O)c3ccc(S(=O)(=O)N4CCOCC4)cc3)ccnc12. The maximum Gasteiger partial charge on any atom is 0.255 e. The van der Waals surface area contributed by atoms with Gasteiger partial charge in [0.1, 0.15) is 0 Å². The Kier molecular flexibility index (Phi) is 5.31. The van der Waals surface area contributed by atoms with Crippen LogP contribution in [0.15, 0.2) is 59.6 Å². The molecule has 1 amide bonds. The van der Waals surface area contributed by atoms with E-state index < -0.39 is 10.0 Å². The molecule has 3 aromatic rings. The third-order valence-corrected chi connectivity index (χ3v) is 6.86. The second kappa shape index (κ2) is 7.90. The first-order valence-corrected chi connectivity index (χ1v) is 10.7. The number of carbonyl (C=O) groups is 1. The third kappa shape index (κ3) is 3.87. The summed E-state index contributed by atoms with van der Waals surface area (Å²) >= 11 is 0. The molecule has 2 aromatic carbocycles. The van der Waals surface area contributed by atoms with Crippen molar-refractivity contribution in [3.05, 3.63) is 65.9 Å². The quantitative estimate of drug-likeness (QED) is 0.713. The zero-order valence-electron chi connectivity index (χ0n) is 16.0. The van der Waals surface area contributed by atoms with E-state index in [1.807, 2.05) is 25.1 Å². The smallest absolute Gasteiger partial charge is 0.255 e. The maximum absolute atomic E-state index is 12.7. The first-order chi connectivity index (χ1) is 14.0. The fraction of sp³-hybridized carbons (Fsp3) is 0.238. The van der Waals surface area contributed by atoms with Gasteiger partial charge in [-0.05, 0) is 42.8 Å². The zero-order valence-corrected chi connectivity index (χ0v) is 16.8. The van der Waals surface area contributed by atoms with Gasteiger partial charge in [0.25, 0.3) is 5.91 Å². The fourth-order valence-electron chi connectivity index (χ4n) is 3.34. The number of fused-ring (bicyclic) bond motifs is 1. The minimum atomic E-state index is -3.58. The van der Waals surface area contributed by atoms with E-state index in [4.69, 9.17) is 4.74 Å². The predicted molar refractivity (Wildman–Crippen MR) is 110 cm³/mol. The van der Waals surface area contributed by atoms with Crippen molar-refractivity contribution in [2.24, 2.45) is 0 Å². The van der Waals surface area contributed by atoms with Crippen molar-refractivity contribution < 1.29 is 17.9 Å². The van der Waals surface area contributed by atoms with Crippen LogP contribution in [0.5, 0.6) is 0 Å². The lowest BCUT2D eigenvalue weighted by molar-refractivity contribution is 0.0730. The van der Waals surface area contributed by atoms with Gasteiger partial charge in [-0.3, -0.25) is 9.78 Å². The standard InChI is InChI=1S/C21H21N3O4S/c1-15-3-2-4-18-19(9-10-22-20(15)18)23-21(25)16-5-7-17(8-6-16)29(26,27)24-11-13-28-14-12-24/h2-10H,11-14H2,1H3,(H,22,23,25). The highest BCUT2D eigenvalue weighted by molar-refractivity contribution is 7.89. The van der Waals surface area contributed by atoms with E-state index in [9.17, 15) is 13.2 Å². The number of nitrogens with zero attached hydrogens (tertiary/aromatic N) is 2. The van der Waals surface area contributed by atoms with Crippen LogP contribution >= 0.6 is 0 Å². The van der Waals surface area contributed by atoms with Crippen molar-refractivity contribution >= 4 is 32.5 Å². The molecule has 4 rings (SSSR count). The Labute approximate surface area is 169 Å². The number of hydrogen-bond donors (Lipinski definition) is 1. The lowest BCUT2D eigenvalue weighted by atomic mass is 10.1. The molecule has 1 N–H and O–H groups in total. The Bertz CT molecular complexity index is 1150. The van der Waals surface area contributed by atoms with Crippen molar-refractivity contribution in [3.8, 4) is 0 Å². The average molecular weight is 411 g/mol. The number of sulfonamides is 1. The van der Waals surface area contributed by atoms with Crippen LogP contribution in [0.1, 0.15) is 15.9 Å². The number of nitrogens with one attached hydrogen (secondary N) is 1. The van der Waals surface area contributed by atoms with Gasteiger partial charge in [0, 0.05) is 30.2 Å². The molecule has 7 nitrogen and oxygen atoms in total. The van der Waals surface area contributed by atoms with Gasteiger partial charge >= 0.3 is 0 Å². The number of rotatable bonds is 4. The Hall–Kier alpha value is -2.81. The van der Waals surface area contributed by atoms with Crippen molar-refractivity contribution in [1.29, 1.82) is 0 Å². The van der Waals surface area contributed by atoms with Crippen LogP contribution in [-0.4, -0.2) is 49.9 Å². The number of amides is 1. The second-order valence-electron chi connectivity index (χ2n) is 6.82. The lowest BCUT2D eigenvalue weighted by Crippen LogP contribution is -2.40. The first-order valence-electron chi connectivity index (χ1n) is 9.30. The third-order valence-electron chi connectivity index (χ3n) is 4.95. The Balaban J connectivity index is 1.55. The van der Waals surface area contributed by atoms with Crippen LogP contribution in [0.2, 0.25) is 0 Å². The number of aryl methyl sites for hydroxylation is 1. The number of hydrogen-bond acceptors (Lipinski definition) is 5. The molecule has 150 valence electrons. The largest absolute Gasteiger partial charge is 0.379 e. The predicted octanol–water partition coefficient (Wildman–Crippen LogP) is 2.82. The lowest BCUT2D eigenvalue weighted by Gasteiger charge is -2.26. The molecule has 0 radical (unpaired) electrons. The normalized spacial score (nSPS) is 15.3. The summed E-state index contributed by atoms with van der Waals surface area (Å²) in [5.41, 5.74) is 2.89. The maximum atomic E-state index is 12.7. The summed E-state index contributed by atoms with van der Waals surface area (Å²) < 4.78 is 32.0. The van der Waals surface area contributed by atoms with Gasteiger partial charge in [0.15, 0.2) is 0 Å². The Morgan fingerprint density at radius 3 is 2.52 bits per heavy atom. The number of ether oxygens (including phenoxy) is 1. The number of anilines is 1. The number of pyridine rings is 1. The number of carbonyl (C=O) groups excluding carboxylic acids is 1. The van der Waals surface area contributed by atoms with Crippen LogP contribution in [0, 0.1) is 6.92 Å². The van der Waals surface area contributed by atoms with Gasteiger partial charge < -0.3 is 10.1 Å². The van der Waals surface area contributed by atoms with Gasteiger partial charge in [-0.1, -0.05) is 18.2 Å². The summed E-state index contributed by atoms with van der Waals surface area (Å²) in [4.78, 5) is 17.2. The Morgan fingerprint density at radius 1 is 1.07 bits per heavy atom. The molecule has 1 aliphatic rings. The summed E-state index contributed by atoms with van der Waals surface area (Å²) in [6, 6.07) is 13.5. The van der Waals surface area contributed by atoms with Gasteiger partial charge in [-0.15, -0.1) is 0 Å². The monoisotopic (exact) mass is 411 g/mol. The molecule has 1 saturated heterocycles. The molecule has 0 aliphatic carbocycles. The van der Waals surface area contributed by atoms with Crippen LogP contribution in [0.4, 0.5) is 5.69 Å². The summed E-state index contributed by atoms with van der Waals surface area (Å²) in [6.07, 6.45) is 1.66. The van der Waals surface area contributed by atoms with Crippen molar-refractivity contribution in [2.45, 2.75) is 11.8 Å². The summed E-state index contributed by atoms with van der Waals surface area (Å²) in [7, 11) is -3.58. The molecule has 29 heavy (non-hydrogen) atoms. The van der Waals surface area contributed by atoms with E-state index in [0.717, 1.165) is 16.5 Å². The summed E-state index contributed by atoms with van der Waals surface area (Å²) in [5, 5.41) is 3.75. The number of aromatic nitrogens is 1. The van der Waals surface area contributed by atoms with E-state index in [2.05, 4.69) is 10.3 Å². The molecular weight excluding hydrogens is 390 g/mol. The molecule has 2 heterocycles. The molecule has 1 aliphatic heterocycles. The van der Waals surface area contributed by atoms with Gasteiger partial charge in [-0.2, -0.15) is 4.31 Å². The molecule has 0 atom stereocenters. The molecule has 1 fully saturated rings. The molecule has 0 spiro atoms. The number of morpholine rings is 1. The minimum Gasteiger partial charge on any atom is -0.379 e. The molecule has 0 saturated carbocycles. The summed E-state index contributed by atoms with van der Waals surface area (Å²) in [5.74, 6) is -0.311.